The molecule has 0 heterocycles. The molecule has 108 valence electrons. The van der Waals surface area contributed by atoms with E-state index in [1.807, 2.05) is 37.4 Å². The predicted octanol–water partition coefficient (Wildman–Crippen LogP) is 1.87. The summed E-state index contributed by atoms with van der Waals surface area (Å²) in [7, 11) is -0.991. The number of para-hydroxylation sites is 1. The highest BCUT2D eigenvalue weighted by molar-refractivity contribution is 7.91. The molecule has 0 saturated heterocycles. The third kappa shape index (κ3) is 6.59. The lowest BCUT2D eigenvalue weighted by Gasteiger charge is -2.16. The second-order valence-electron chi connectivity index (χ2n) is 4.49. The van der Waals surface area contributed by atoms with Gasteiger partial charge in [0.1, 0.15) is 22.2 Å². The summed E-state index contributed by atoms with van der Waals surface area (Å²) in [6, 6.07) is 9.79. The van der Waals surface area contributed by atoms with E-state index in [9.17, 15) is 8.42 Å². The lowest BCUT2D eigenvalue weighted by Crippen LogP contribution is -2.32. The molecule has 1 rings (SSSR count). The van der Waals surface area contributed by atoms with Crippen LogP contribution in [0.15, 0.2) is 30.3 Å². The van der Waals surface area contributed by atoms with Crippen LogP contribution in [0.3, 0.4) is 0 Å². The topological polar surface area (TPSA) is 55.4 Å². The molecule has 0 bridgehead atoms. The molecule has 0 spiro atoms. The molecule has 19 heavy (non-hydrogen) atoms. The zero-order valence-electron chi connectivity index (χ0n) is 11.6. The van der Waals surface area contributed by atoms with Gasteiger partial charge in [-0.2, -0.15) is 0 Å². The van der Waals surface area contributed by atoms with E-state index in [1.165, 1.54) is 0 Å². The minimum atomic E-state index is -2.86. The molecule has 0 aliphatic heterocycles. The average Bonchev–Trinajstić information content (AvgIpc) is 2.43. The van der Waals surface area contributed by atoms with E-state index in [0.717, 1.165) is 12.2 Å². The zero-order chi connectivity index (χ0) is 14.1. The van der Waals surface area contributed by atoms with Crippen LogP contribution in [0.5, 0.6) is 5.75 Å². The largest absolute Gasteiger partial charge is 0.492 e. The fraction of sp³-hybridized carbons (Fsp3) is 0.571. The van der Waals surface area contributed by atoms with E-state index < -0.39 is 9.84 Å². The molecule has 0 aliphatic carbocycles. The van der Waals surface area contributed by atoms with Crippen LogP contribution >= 0.6 is 0 Å². The third-order valence-electron chi connectivity index (χ3n) is 3.05. The zero-order valence-corrected chi connectivity index (χ0v) is 12.4. The summed E-state index contributed by atoms with van der Waals surface area (Å²) in [5.74, 6) is 1.31. The fourth-order valence-electron chi connectivity index (χ4n) is 1.72. The Balaban J connectivity index is 2.30. The molecule has 0 aromatic heterocycles. The number of likely N-dealkylation sites (N-methyl/N-ethyl adjacent to an activating group) is 1. The molecule has 5 heteroatoms. The molecule has 4 nitrogen and oxygen atoms in total. The van der Waals surface area contributed by atoms with E-state index in [4.69, 9.17) is 4.74 Å². The molecule has 1 aromatic carbocycles. The third-order valence-corrected chi connectivity index (χ3v) is 4.84. The molecule has 1 unspecified atom stereocenters. The summed E-state index contributed by atoms with van der Waals surface area (Å²) in [6.45, 7) is 2.23. The van der Waals surface area contributed by atoms with Gasteiger partial charge in [-0.05, 0) is 32.0 Å². The molecule has 1 aromatic rings. The Labute approximate surface area is 116 Å². The summed E-state index contributed by atoms with van der Waals surface area (Å²) in [4.78, 5) is 0. The highest BCUT2D eigenvalue weighted by atomic mass is 32.2. The quantitative estimate of drug-likeness (QED) is 0.752. The predicted molar refractivity (Wildman–Crippen MR) is 78.3 cm³/mol. The highest BCUT2D eigenvalue weighted by Crippen LogP contribution is 2.10. The van der Waals surface area contributed by atoms with Gasteiger partial charge in [0, 0.05) is 11.8 Å². The van der Waals surface area contributed by atoms with Gasteiger partial charge in [0.25, 0.3) is 0 Å². The molecule has 0 fully saturated rings. The molecule has 1 N–H and O–H groups in total. The Morgan fingerprint density at radius 2 is 1.95 bits per heavy atom. The molecule has 0 saturated carbocycles. The highest BCUT2D eigenvalue weighted by Gasteiger charge is 2.11. The van der Waals surface area contributed by atoms with Crippen LogP contribution in [-0.2, 0) is 9.84 Å². The first-order valence-electron chi connectivity index (χ1n) is 6.63. The first-order chi connectivity index (χ1) is 9.07. The van der Waals surface area contributed by atoms with Crippen molar-refractivity contribution in [2.45, 2.75) is 25.8 Å². The Morgan fingerprint density at radius 3 is 2.53 bits per heavy atom. The maximum Gasteiger partial charge on any atom is 0.150 e. The monoisotopic (exact) mass is 285 g/mol. The molecule has 0 radical (unpaired) electrons. The van der Waals surface area contributed by atoms with Gasteiger partial charge in [0.15, 0.2) is 0 Å². The lowest BCUT2D eigenvalue weighted by atomic mass is 10.2. The van der Waals surface area contributed by atoms with E-state index in [-0.39, 0.29) is 17.5 Å². The van der Waals surface area contributed by atoms with Crippen LogP contribution in [0.25, 0.3) is 0 Å². The van der Waals surface area contributed by atoms with Crippen LogP contribution in [0.2, 0.25) is 0 Å². The minimum Gasteiger partial charge on any atom is -0.492 e. The van der Waals surface area contributed by atoms with Crippen LogP contribution in [0, 0.1) is 0 Å². The van der Waals surface area contributed by atoms with Crippen molar-refractivity contribution >= 4 is 9.84 Å². The fourth-order valence-corrected chi connectivity index (χ4v) is 2.61. The van der Waals surface area contributed by atoms with Gasteiger partial charge >= 0.3 is 0 Å². The summed E-state index contributed by atoms with van der Waals surface area (Å²) in [6.07, 6.45) is 1.46. The van der Waals surface area contributed by atoms with Crippen molar-refractivity contribution in [1.82, 2.24) is 5.32 Å². The van der Waals surface area contributed by atoms with Gasteiger partial charge in [-0.1, -0.05) is 25.1 Å². The summed E-state index contributed by atoms with van der Waals surface area (Å²) in [5, 5.41) is 3.16. The van der Waals surface area contributed by atoms with Gasteiger partial charge in [-0.3, -0.25) is 0 Å². The van der Waals surface area contributed by atoms with Crippen molar-refractivity contribution in [2.24, 2.45) is 0 Å². The Bertz CT molecular complexity index is 445. The molecular weight excluding hydrogens is 262 g/mol. The maximum absolute atomic E-state index is 11.4. The molecular formula is C14H23NO3S. The number of hydrogen-bond acceptors (Lipinski definition) is 4. The van der Waals surface area contributed by atoms with Crippen molar-refractivity contribution in [1.29, 1.82) is 0 Å². The van der Waals surface area contributed by atoms with Gasteiger partial charge < -0.3 is 10.1 Å². The van der Waals surface area contributed by atoms with Crippen molar-refractivity contribution in [3.8, 4) is 5.75 Å². The van der Waals surface area contributed by atoms with E-state index in [1.54, 1.807) is 6.92 Å². The number of nitrogens with one attached hydrogen (secondary N) is 1. The van der Waals surface area contributed by atoms with Gasteiger partial charge in [0.05, 0.1) is 5.75 Å². The van der Waals surface area contributed by atoms with Crippen LogP contribution in [-0.4, -0.2) is 39.6 Å². The lowest BCUT2D eigenvalue weighted by molar-refractivity contribution is 0.263. The van der Waals surface area contributed by atoms with Crippen molar-refractivity contribution in [3.63, 3.8) is 0 Å². The van der Waals surface area contributed by atoms with Gasteiger partial charge in [0.2, 0.25) is 0 Å². The standard InChI is InChI=1S/C14H23NO3S/c1-3-19(16,17)11-7-8-13(15-2)12-18-14-9-5-4-6-10-14/h4-6,9-10,13,15H,3,7-8,11-12H2,1-2H3. The first-order valence-corrected chi connectivity index (χ1v) is 8.45. The second kappa shape index (κ2) is 8.17. The Kier molecular flexibility index (Phi) is 6.87. The smallest absolute Gasteiger partial charge is 0.150 e. The normalized spacial score (nSPS) is 13.2. The summed E-state index contributed by atoms with van der Waals surface area (Å²) in [5.41, 5.74) is 0. The summed E-state index contributed by atoms with van der Waals surface area (Å²) < 4.78 is 28.4. The SMILES string of the molecule is CCS(=O)(=O)CCCC(COc1ccccc1)NC. The Morgan fingerprint density at radius 1 is 1.26 bits per heavy atom. The number of hydrogen-bond donors (Lipinski definition) is 1. The van der Waals surface area contributed by atoms with E-state index in [2.05, 4.69) is 5.32 Å². The maximum atomic E-state index is 11.4. The summed E-state index contributed by atoms with van der Waals surface area (Å²) >= 11 is 0. The number of ether oxygens (including phenoxy) is 1. The van der Waals surface area contributed by atoms with Crippen LogP contribution in [0.1, 0.15) is 19.8 Å². The molecule has 0 amide bonds. The molecule has 0 aliphatic rings. The van der Waals surface area contributed by atoms with Crippen LogP contribution < -0.4 is 10.1 Å². The van der Waals surface area contributed by atoms with Crippen molar-refractivity contribution in [3.05, 3.63) is 30.3 Å². The van der Waals surface area contributed by atoms with E-state index >= 15 is 0 Å². The van der Waals surface area contributed by atoms with Gasteiger partial charge in [-0.25, -0.2) is 8.42 Å². The van der Waals surface area contributed by atoms with Crippen LogP contribution in [0.4, 0.5) is 0 Å². The second-order valence-corrected chi connectivity index (χ2v) is 6.96. The number of sulfone groups is 1. The average molecular weight is 285 g/mol. The number of benzene rings is 1. The van der Waals surface area contributed by atoms with E-state index in [0.29, 0.717) is 13.0 Å². The minimum absolute atomic E-state index is 0.173. The first kappa shape index (κ1) is 16.0. The Hall–Kier alpha value is -1.07. The van der Waals surface area contributed by atoms with Gasteiger partial charge in [-0.15, -0.1) is 0 Å². The van der Waals surface area contributed by atoms with Crippen molar-refractivity contribution in [2.75, 3.05) is 25.2 Å². The number of rotatable bonds is 9. The molecule has 1 atom stereocenters. The van der Waals surface area contributed by atoms with Crippen molar-refractivity contribution < 1.29 is 13.2 Å².